The lowest BCUT2D eigenvalue weighted by atomic mass is 10.3. The molecule has 0 atom stereocenters. The summed E-state index contributed by atoms with van der Waals surface area (Å²) >= 11 is 2.89. The van der Waals surface area contributed by atoms with Gasteiger partial charge in [-0.05, 0) is 41.6 Å². The molecule has 0 aliphatic rings. The van der Waals surface area contributed by atoms with Crippen LogP contribution in [0.4, 0.5) is 0 Å². The molecule has 0 radical (unpaired) electrons. The van der Waals surface area contributed by atoms with Crippen molar-refractivity contribution in [3.63, 3.8) is 0 Å². The van der Waals surface area contributed by atoms with E-state index in [9.17, 15) is 8.42 Å². The fraction of sp³-hybridized carbons (Fsp3) is 0.333. The van der Waals surface area contributed by atoms with Crippen LogP contribution in [0.3, 0.4) is 0 Å². The van der Waals surface area contributed by atoms with Crippen molar-refractivity contribution in [1.82, 2.24) is 9.62 Å². The van der Waals surface area contributed by atoms with Gasteiger partial charge in [-0.25, -0.2) is 8.42 Å². The highest BCUT2D eigenvalue weighted by Crippen LogP contribution is 2.25. The van der Waals surface area contributed by atoms with Gasteiger partial charge in [-0.15, -0.1) is 11.3 Å². The van der Waals surface area contributed by atoms with Crippen LogP contribution in [0.5, 0.6) is 0 Å². The SMILES string of the molecule is CNCc1ccc(S(=O)(=O)N(C)Cc2ccsc2)s1. The van der Waals surface area contributed by atoms with Gasteiger partial charge in [0.25, 0.3) is 10.0 Å². The van der Waals surface area contributed by atoms with Gasteiger partial charge < -0.3 is 5.32 Å². The fourth-order valence-electron chi connectivity index (χ4n) is 1.64. The Balaban J connectivity index is 2.16. The van der Waals surface area contributed by atoms with Crippen molar-refractivity contribution in [2.45, 2.75) is 17.3 Å². The molecule has 0 bridgehead atoms. The summed E-state index contributed by atoms with van der Waals surface area (Å²) in [5.74, 6) is 0. The van der Waals surface area contributed by atoms with E-state index in [0.717, 1.165) is 10.4 Å². The highest BCUT2D eigenvalue weighted by molar-refractivity contribution is 7.91. The number of hydrogen-bond donors (Lipinski definition) is 1. The van der Waals surface area contributed by atoms with Crippen molar-refractivity contribution in [3.05, 3.63) is 39.4 Å². The van der Waals surface area contributed by atoms with Gasteiger partial charge in [0.2, 0.25) is 0 Å². The molecule has 0 saturated heterocycles. The van der Waals surface area contributed by atoms with E-state index in [1.54, 1.807) is 24.5 Å². The van der Waals surface area contributed by atoms with Gasteiger partial charge in [-0.2, -0.15) is 15.6 Å². The maximum absolute atomic E-state index is 12.4. The van der Waals surface area contributed by atoms with Crippen molar-refractivity contribution in [2.24, 2.45) is 0 Å². The zero-order valence-corrected chi connectivity index (χ0v) is 13.2. The lowest BCUT2D eigenvalue weighted by molar-refractivity contribution is 0.469. The molecule has 0 aliphatic carbocycles. The van der Waals surface area contributed by atoms with Gasteiger partial charge in [-0.1, -0.05) is 0 Å². The third-order valence-corrected chi connectivity index (χ3v) is 6.73. The van der Waals surface area contributed by atoms with E-state index in [-0.39, 0.29) is 0 Å². The molecule has 4 nitrogen and oxygen atoms in total. The van der Waals surface area contributed by atoms with Crippen LogP contribution < -0.4 is 5.32 Å². The Labute approximate surface area is 121 Å². The molecule has 2 aromatic heterocycles. The monoisotopic (exact) mass is 316 g/mol. The molecule has 7 heteroatoms. The van der Waals surface area contributed by atoms with E-state index in [2.05, 4.69) is 5.32 Å². The Bertz CT molecular complexity index is 617. The smallest absolute Gasteiger partial charge is 0.252 e. The number of nitrogens with zero attached hydrogens (tertiary/aromatic N) is 1. The van der Waals surface area contributed by atoms with Gasteiger partial charge in [-0.3, -0.25) is 0 Å². The van der Waals surface area contributed by atoms with Gasteiger partial charge >= 0.3 is 0 Å². The second-order valence-electron chi connectivity index (χ2n) is 4.14. The molecular weight excluding hydrogens is 300 g/mol. The summed E-state index contributed by atoms with van der Waals surface area (Å²) in [6, 6.07) is 5.47. The summed E-state index contributed by atoms with van der Waals surface area (Å²) < 4.78 is 26.6. The van der Waals surface area contributed by atoms with E-state index < -0.39 is 10.0 Å². The Hall–Kier alpha value is -0.730. The molecule has 0 unspecified atom stereocenters. The Morgan fingerprint density at radius 1 is 1.32 bits per heavy atom. The van der Waals surface area contributed by atoms with E-state index in [1.165, 1.54) is 15.6 Å². The molecule has 0 amide bonds. The standard InChI is InChI=1S/C12H16N2O2S3/c1-13-7-11-3-4-12(18-11)19(15,16)14(2)8-10-5-6-17-9-10/h3-6,9,13H,7-8H2,1-2H3. The highest BCUT2D eigenvalue weighted by Gasteiger charge is 2.22. The molecule has 1 N–H and O–H groups in total. The predicted octanol–water partition coefficient (Wildman–Crippen LogP) is 2.35. The van der Waals surface area contributed by atoms with E-state index >= 15 is 0 Å². The zero-order chi connectivity index (χ0) is 13.9. The van der Waals surface area contributed by atoms with Crippen LogP contribution in [-0.2, 0) is 23.1 Å². The van der Waals surface area contributed by atoms with Crippen LogP contribution in [-0.4, -0.2) is 26.8 Å². The van der Waals surface area contributed by atoms with Crippen molar-refractivity contribution >= 4 is 32.7 Å². The maximum Gasteiger partial charge on any atom is 0.252 e. The maximum atomic E-state index is 12.4. The summed E-state index contributed by atoms with van der Waals surface area (Å²) in [4.78, 5) is 1.02. The largest absolute Gasteiger partial charge is 0.315 e. The van der Waals surface area contributed by atoms with Crippen molar-refractivity contribution in [2.75, 3.05) is 14.1 Å². The lowest BCUT2D eigenvalue weighted by Gasteiger charge is -2.15. The number of thiophene rings is 2. The average Bonchev–Trinajstić information content (AvgIpc) is 3.00. The van der Waals surface area contributed by atoms with Gasteiger partial charge in [0.1, 0.15) is 4.21 Å². The Morgan fingerprint density at radius 2 is 2.11 bits per heavy atom. The molecule has 0 aliphatic heterocycles. The molecule has 0 fully saturated rings. The summed E-state index contributed by atoms with van der Waals surface area (Å²) in [5, 5.41) is 6.93. The van der Waals surface area contributed by atoms with Gasteiger partial charge in [0.05, 0.1) is 0 Å². The molecule has 0 aromatic carbocycles. The number of nitrogens with one attached hydrogen (secondary N) is 1. The molecule has 104 valence electrons. The minimum Gasteiger partial charge on any atom is -0.315 e. The summed E-state index contributed by atoms with van der Waals surface area (Å²) in [6.07, 6.45) is 0. The van der Waals surface area contributed by atoms with Gasteiger partial charge in [0, 0.05) is 25.0 Å². The first-order valence-corrected chi connectivity index (χ1v) is 8.94. The van der Waals surface area contributed by atoms with Crippen LogP contribution in [0.1, 0.15) is 10.4 Å². The van der Waals surface area contributed by atoms with E-state index in [0.29, 0.717) is 17.3 Å². The second kappa shape index (κ2) is 6.15. The minimum absolute atomic E-state index is 0.399. The molecule has 2 aromatic rings. The van der Waals surface area contributed by atoms with E-state index in [4.69, 9.17) is 0 Å². The third-order valence-electron chi connectivity index (χ3n) is 2.64. The third kappa shape index (κ3) is 3.43. The van der Waals surface area contributed by atoms with Crippen LogP contribution in [0, 0.1) is 0 Å². The van der Waals surface area contributed by atoms with Crippen molar-refractivity contribution < 1.29 is 8.42 Å². The van der Waals surface area contributed by atoms with Crippen molar-refractivity contribution in [3.8, 4) is 0 Å². The van der Waals surface area contributed by atoms with Crippen LogP contribution in [0.15, 0.2) is 33.2 Å². The van der Waals surface area contributed by atoms with Crippen LogP contribution in [0.2, 0.25) is 0 Å². The lowest BCUT2D eigenvalue weighted by Crippen LogP contribution is -2.25. The molecule has 2 rings (SSSR count). The molecule has 0 spiro atoms. The number of sulfonamides is 1. The fourth-order valence-corrected chi connectivity index (χ4v) is 5.04. The first-order valence-electron chi connectivity index (χ1n) is 5.75. The Morgan fingerprint density at radius 3 is 2.74 bits per heavy atom. The van der Waals surface area contributed by atoms with Crippen LogP contribution in [0.25, 0.3) is 0 Å². The summed E-state index contributed by atoms with van der Waals surface area (Å²) in [7, 11) is 0.0755. The molecular formula is C12H16N2O2S3. The highest BCUT2D eigenvalue weighted by atomic mass is 32.2. The predicted molar refractivity (Wildman–Crippen MR) is 80.1 cm³/mol. The topological polar surface area (TPSA) is 49.4 Å². The molecule has 0 saturated carbocycles. The minimum atomic E-state index is -3.38. The van der Waals surface area contributed by atoms with Crippen molar-refractivity contribution in [1.29, 1.82) is 0 Å². The number of hydrogen-bond acceptors (Lipinski definition) is 5. The van der Waals surface area contributed by atoms with Gasteiger partial charge in [0.15, 0.2) is 0 Å². The summed E-state index contributed by atoms with van der Waals surface area (Å²) in [5.41, 5.74) is 1.02. The van der Waals surface area contributed by atoms with E-state index in [1.807, 2.05) is 29.9 Å². The molecule has 19 heavy (non-hydrogen) atoms. The average molecular weight is 316 g/mol. The number of rotatable bonds is 6. The quantitative estimate of drug-likeness (QED) is 0.890. The summed E-state index contributed by atoms with van der Waals surface area (Å²) in [6.45, 7) is 1.10. The normalized spacial score (nSPS) is 12.2. The molecule has 2 heterocycles. The second-order valence-corrected chi connectivity index (χ2v) is 8.36. The van der Waals surface area contributed by atoms with Crippen LogP contribution >= 0.6 is 22.7 Å². The Kier molecular flexibility index (Phi) is 4.75. The first-order chi connectivity index (χ1) is 9.04. The first kappa shape index (κ1) is 14.7. The zero-order valence-electron chi connectivity index (χ0n) is 10.8.